The Kier molecular flexibility index (Phi) is 4.01. The van der Waals surface area contributed by atoms with Gasteiger partial charge in [-0.05, 0) is 12.8 Å². The average molecular weight is 250 g/mol. The van der Waals surface area contributed by atoms with Gasteiger partial charge in [-0.15, -0.1) is 0 Å². The van der Waals surface area contributed by atoms with Crippen LogP contribution >= 0.6 is 0 Å². The van der Waals surface area contributed by atoms with E-state index in [1.165, 1.54) is 6.42 Å². The summed E-state index contributed by atoms with van der Waals surface area (Å²) < 4.78 is 0. The molecule has 0 aliphatic heterocycles. The molecule has 0 unspecified atom stereocenters. The highest BCUT2D eigenvalue weighted by Crippen LogP contribution is 2.37. The summed E-state index contributed by atoms with van der Waals surface area (Å²) in [5, 5.41) is 0. The number of imidazole rings is 1. The Hall–Kier alpha value is -1.36. The van der Waals surface area contributed by atoms with E-state index in [1.807, 2.05) is 7.05 Å². The van der Waals surface area contributed by atoms with Crippen molar-refractivity contribution in [1.29, 1.82) is 0 Å². The highest BCUT2D eigenvalue weighted by molar-refractivity contribution is 5.82. The molecular weight excluding hydrogens is 228 g/mol. The van der Waals surface area contributed by atoms with Crippen molar-refractivity contribution in [1.82, 2.24) is 14.9 Å². The fourth-order valence-corrected chi connectivity index (χ4v) is 2.82. The Bertz CT molecular complexity index is 382. The first-order valence-corrected chi connectivity index (χ1v) is 6.62. The fourth-order valence-electron chi connectivity index (χ4n) is 2.82. The van der Waals surface area contributed by atoms with Crippen LogP contribution in [0.25, 0.3) is 0 Å². The maximum atomic E-state index is 12.6. The Morgan fingerprint density at radius 1 is 1.50 bits per heavy atom. The third kappa shape index (κ3) is 2.56. The number of hydrogen-bond acceptors (Lipinski definition) is 3. The van der Waals surface area contributed by atoms with Gasteiger partial charge in [0.05, 0.1) is 12.0 Å². The lowest BCUT2D eigenvalue weighted by Gasteiger charge is -2.37. The summed E-state index contributed by atoms with van der Waals surface area (Å²) in [5.41, 5.74) is 5.55. The maximum Gasteiger partial charge on any atom is 0.230 e. The molecule has 0 aromatic carbocycles. The van der Waals surface area contributed by atoms with Crippen LogP contribution in [0.3, 0.4) is 0 Å². The molecule has 1 amide bonds. The zero-order chi connectivity index (χ0) is 13.0. The SMILES string of the molecule is CN(Cc1ncc[nH]1)C(=O)C1(CN)CCCCC1. The number of aromatic nitrogens is 2. The van der Waals surface area contributed by atoms with Crippen molar-refractivity contribution >= 4 is 5.91 Å². The van der Waals surface area contributed by atoms with Crippen molar-refractivity contribution in [2.24, 2.45) is 11.1 Å². The molecule has 100 valence electrons. The molecule has 1 aromatic rings. The van der Waals surface area contributed by atoms with E-state index in [4.69, 9.17) is 5.73 Å². The first-order valence-electron chi connectivity index (χ1n) is 6.62. The van der Waals surface area contributed by atoms with Gasteiger partial charge in [0.2, 0.25) is 5.91 Å². The maximum absolute atomic E-state index is 12.6. The van der Waals surface area contributed by atoms with Crippen LogP contribution in [-0.2, 0) is 11.3 Å². The van der Waals surface area contributed by atoms with E-state index in [-0.39, 0.29) is 11.3 Å². The standard InChI is InChI=1S/C13H22N4O/c1-17(9-11-15-7-8-16-11)12(18)13(10-14)5-3-2-4-6-13/h7-8H,2-6,9-10,14H2,1H3,(H,15,16). The van der Waals surface area contributed by atoms with Crippen LogP contribution in [0.2, 0.25) is 0 Å². The van der Waals surface area contributed by atoms with Crippen molar-refractivity contribution in [3.8, 4) is 0 Å². The van der Waals surface area contributed by atoms with E-state index < -0.39 is 0 Å². The minimum atomic E-state index is -0.334. The molecule has 3 N–H and O–H groups in total. The van der Waals surface area contributed by atoms with Gasteiger partial charge >= 0.3 is 0 Å². The lowest BCUT2D eigenvalue weighted by molar-refractivity contribution is -0.142. The number of H-pyrrole nitrogens is 1. The van der Waals surface area contributed by atoms with Gasteiger partial charge in [0.15, 0.2) is 0 Å². The smallest absolute Gasteiger partial charge is 0.230 e. The summed E-state index contributed by atoms with van der Waals surface area (Å²) in [6.07, 6.45) is 8.75. The van der Waals surface area contributed by atoms with Crippen LogP contribution in [0.15, 0.2) is 12.4 Å². The van der Waals surface area contributed by atoms with E-state index >= 15 is 0 Å². The van der Waals surface area contributed by atoms with E-state index in [9.17, 15) is 4.79 Å². The summed E-state index contributed by atoms with van der Waals surface area (Å²) in [6.45, 7) is 0.974. The Labute approximate surface area is 108 Å². The van der Waals surface area contributed by atoms with Gasteiger partial charge in [-0.3, -0.25) is 4.79 Å². The van der Waals surface area contributed by atoms with Crippen molar-refractivity contribution in [2.45, 2.75) is 38.6 Å². The van der Waals surface area contributed by atoms with Gasteiger partial charge in [0.25, 0.3) is 0 Å². The van der Waals surface area contributed by atoms with Gasteiger partial charge in [-0.2, -0.15) is 0 Å². The van der Waals surface area contributed by atoms with Crippen molar-refractivity contribution < 1.29 is 4.79 Å². The molecule has 1 fully saturated rings. The van der Waals surface area contributed by atoms with Gasteiger partial charge in [-0.25, -0.2) is 4.98 Å². The predicted molar refractivity (Wildman–Crippen MR) is 69.6 cm³/mol. The van der Waals surface area contributed by atoms with E-state index in [2.05, 4.69) is 9.97 Å². The number of nitrogens with two attached hydrogens (primary N) is 1. The molecule has 0 bridgehead atoms. The van der Waals surface area contributed by atoms with Crippen molar-refractivity contribution in [2.75, 3.05) is 13.6 Å². The van der Waals surface area contributed by atoms with Crippen LogP contribution in [0.5, 0.6) is 0 Å². The van der Waals surface area contributed by atoms with Gasteiger partial charge < -0.3 is 15.6 Å². The van der Waals surface area contributed by atoms with Crippen LogP contribution in [-0.4, -0.2) is 34.4 Å². The van der Waals surface area contributed by atoms with E-state index in [1.54, 1.807) is 17.3 Å². The number of carbonyl (C=O) groups excluding carboxylic acids is 1. The summed E-state index contributed by atoms with van der Waals surface area (Å²) in [5.74, 6) is 0.981. The second-order valence-corrected chi connectivity index (χ2v) is 5.24. The van der Waals surface area contributed by atoms with Crippen molar-refractivity contribution in [3.05, 3.63) is 18.2 Å². The molecule has 1 aliphatic rings. The van der Waals surface area contributed by atoms with E-state index in [0.29, 0.717) is 13.1 Å². The van der Waals surface area contributed by atoms with Gasteiger partial charge in [-0.1, -0.05) is 19.3 Å². The zero-order valence-electron chi connectivity index (χ0n) is 11.0. The first kappa shape index (κ1) is 13.1. The van der Waals surface area contributed by atoms with Gasteiger partial charge in [0, 0.05) is 26.0 Å². The minimum absolute atomic E-state index is 0.168. The topological polar surface area (TPSA) is 75.0 Å². The van der Waals surface area contributed by atoms with Crippen LogP contribution < -0.4 is 5.73 Å². The largest absolute Gasteiger partial charge is 0.347 e. The molecule has 5 nitrogen and oxygen atoms in total. The zero-order valence-corrected chi connectivity index (χ0v) is 11.0. The molecule has 1 aliphatic carbocycles. The quantitative estimate of drug-likeness (QED) is 0.845. The number of hydrogen-bond donors (Lipinski definition) is 2. The second kappa shape index (κ2) is 5.52. The lowest BCUT2D eigenvalue weighted by atomic mass is 9.73. The molecule has 2 rings (SSSR count). The first-order chi connectivity index (χ1) is 8.68. The summed E-state index contributed by atoms with van der Waals surface area (Å²) in [6, 6.07) is 0. The Morgan fingerprint density at radius 3 is 2.78 bits per heavy atom. The van der Waals surface area contributed by atoms with Crippen molar-refractivity contribution in [3.63, 3.8) is 0 Å². The number of nitrogens with one attached hydrogen (secondary N) is 1. The summed E-state index contributed by atoms with van der Waals surface area (Å²) >= 11 is 0. The van der Waals surface area contributed by atoms with E-state index in [0.717, 1.165) is 31.5 Å². The highest BCUT2D eigenvalue weighted by Gasteiger charge is 2.39. The molecule has 18 heavy (non-hydrogen) atoms. The predicted octanol–water partition coefficient (Wildman–Crippen LogP) is 1.28. The molecular formula is C13H22N4O. The minimum Gasteiger partial charge on any atom is -0.347 e. The third-order valence-electron chi connectivity index (χ3n) is 3.94. The van der Waals surface area contributed by atoms with Gasteiger partial charge in [0.1, 0.15) is 5.82 Å². The third-order valence-corrected chi connectivity index (χ3v) is 3.94. The summed E-state index contributed by atoms with van der Waals surface area (Å²) in [7, 11) is 1.83. The number of nitrogens with zero attached hydrogens (tertiary/aromatic N) is 2. The number of rotatable bonds is 4. The number of carbonyl (C=O) groups is 1. The molecule has 5 heteroatoms. The molecule has 1 aromatic heterocycles. The molecule has 0 spiro atoms. The summed E-state index contributed by atoms with van der Waals surface area (Å²) in [4.78, 5) is 21.5. The average Bonchev–Trinajstić information content (AvgIpc) is 2.91. The monoisotopic (exact) mass is 250 g/mol. The lowest BCUT2D eigenvalue weighted by Crippen LogP contribution is -2.47. The molecule has 1 heterocycles. The Balaban J connectivity index is 2.04. The molecule has 1 saturated carbocycles. The Morgan fingerprint density at radius 2 is 2.22 bits per heavy atom. The normalized spacial score (nSPS) is 18.6. The van der Waals surface area contributed by atoms with Crippen LogP contribution in [0, 0.1) is 5.41 Å². The van der Waals surface area contributed by atoms with Crippen LogP contribution in [0.1, 0.15) is 37.9 Å². The molecule has 0 saturated heterocycles. The van der Waals surface area contributed by atoms with Crippen LogP contribution in [0.4, 0.5) is 0 Å². The molecule has 0 atom stereocenters. The highest BCUT2D eigenvalue weighted by atomic mass is 16.2. The number of aromatic amines is 1. The fraction of sp³-hybridized carbons (Fsp3) is 0.692. The second-order valence-electron chi connectivity index (χ2n) is 5.24. The molecule has 0 radical (unpaired) electrons. The number of amides is 1.